The molecule has 3 nitrogen and oxygen atoms in total. The first kappa shape index (κ1) is 12.1. The fraction of sp³-hybridized carbons (Fsp3) is 0.917. The minimum Gasteiger partial charge on any atom is -0.374 e. The molecule has 0 aromatic carbocycles. The lowest BCUT2D eigenvalue weighted by atomic mass is 10.1. The second-order valence-electron chi connectivity index (χ2n) is 4.69. The van der Waals surface area contributed by atoms with Gasteiger partial charge in [0.2, 0.25) is 0 Å². The van der Waals surface area contributed by atoms with Crippen molar-refractivity contribution in [3.8, 4) is 0 Å². The van der Waals surface area contributed by atoms with Gasteiger partial charge >= 0.3 is 0 Å². The van der Waals surface area contributed by atoms with Crippen molar-refractivity contribution >= 4 is 17.3 Å². The van der Waals surface area contributed by atoms with Gasteiger partial charge in [-0.3, -0.25) is 0 Å². The van der Waals surface area contributed by atoms with Crippen LogP contribution in [-0.4, -0.2) is 41.9 Å². The van der Waals surface area contributed by atoms with E-state index in [1.807, 2.05) is 0 Å². The van der Waals surface area contributed by atoms with Gasteiger partial charge in [0.1, 0.15) is 0 Å². The van der Waals surface area contributed by atoms with Crippen LogP contribution in [0.4, 0.5) is 0 Å². The number of hydrogen-bond acceptors (Lipinski definition) is 2. The molecule has 0 radical (unpaired) electrons. The van der Waals surface area contributed by atoms with E-state index in [-0.39, 0.29) is 0 Å². The van der Waals surface area contributed by atoms with Crippen LogP contribution in [0.3, 0.4) is 0 Å². The Bertz CT molecular complexity index is 247. The molecule has 2 atom stereocenters. The van der Waals surface area contributed by atoms with Gasteiger partial charge in [0.05, 0.1) is 18.8 Å². The molecule has 0 aromatic rings. The molecule has 16 heavy (non-hydrogen) atoms. The van der Waals surface area contributed by atoms with Crippen molar-refractivity contribution in [2.45, 2.75) is 51.2 Å². The lowest BCUT2D eigenvalue weighted by Crippen LogP contribution is -2.54. The average molecular weight is 242 g/mol. The summed E-state index contributed by atoms with van der Waals surface area (Å²) in [6.45, 7) is 4.99. The van der Waals surface area contributed by atoms with Crippen molar-refractivity contribution < 1.29 is 4.74 Å². The van der Waals surface area contributed by atoms with E-state index in [2.05, 4.69) is 17.1 Å². The number of fused-ring (bicyclic) bond motifs is 1. The number of hydrogen-bond donors (Lipinski definition) is 1. The predicted molar refractivity (Wildman–Crippen MR) is 69.6 cm³/mol. The van der Waals surface area contributed by atoms with Gasteiger partial charge in [-0.2, -0.15) is 0 Å². The van der Waals surface area contributed by atoms with E-state index in [9.17, 15) is 0 Å². The predicted octanol–water partition coefficient (Wildman–Crippen LogP) is 1.91. The van der Waals surface area contributed by atoms with Crippen LogP contribution < -0.4 is 5.32 Å². The van der Waals surface area contributed by atoms with Crippen LogP contribution in [0.15, 0.2) is 0 Å². The van der Waals surface area contributed by atoms with Crippen LogP contribution in [0.25, 0.3) is 0 Å². The molecule has 1 heterocycles. The molecular weight excluding hydrogens is 220 g/mol. The molecule has 92 valence electrons. The third-order valence-electron chi connectivity index (χ3n) is 3.55. The first-order valence-electron chi connectivity index (χ1n) is 6.49. The Hall–Kier alpha value is -0.350. The fourth-order valence-electron chi connectivity index (χ4n) is 2.65. The van der Waals surface area contributed by atoms with Gasteiger partial charge in [-0.15, -0.1) is 0 Å². The van der Waals surface area contributed by atoms with E-state index in [0.717, 1.165) is 24.8 Å². The third kappa shape index (κ3) is 2.66. The van der Waals surface area contributed by atoms with E-state index < -0.39 is 0 Å². The second kappa shape index (κ2) is 5.82. The minimum atomic E-state index is 0.430. The number of morpholine rings is 1. The van der Waals surface area contributed by atoms with Gasteiger partial charge < -0.3 is 15.0 Å². The van der Waals surface area contributed by atoms with Crippen LogP contribution in [-0.2, 0) is 4.74 Å². The Labute approximate surface area is 104 Å². The minimum absolute atomic E-state index is 0.430. The van der Waals surface area contributed by atoms with Crippen LogP contribution in [0.5, 0.6) is 0 Å². The number of rotatable bonds is 3. The number of thiocarbonyl (C=S) groups is 1. The summed E-state index contributed by atoms with van der Waals surface area (Å²) >= 11 is 5.47. The van der Waals surface area contributed by atoms with E-state index in [0.29, 0.717) is 12.1 Å². The van der Waals surface area contributed by atoms with Gasteiger partial charge in [-0.05, 0) is 37.9 Å². The molecule has 1 saturated heterocycles. The van der Waals surface area contributed by atoms with Gasteiger partial charge in [0.25, 0.3) is 0 Å². The van der Waals surface area contributed by atoms with E-state index >= 15 is 0 Å². The first-order chi connectivity index (χ1) is 7.83. The Morgan fingerprint density at radius 3 is 3.19 bits per heavy atom. The second-order valence-corrected chi connectivity index (χ2v) is 5.07. The number of unbranched alkanes of at least 4 members (excludes halogenated alkanes) is 1. The normalized spacial score (nSPS) is 28.9. The maximum atomic E-state index is 5.78. The maximum absolute atomic E-state index is 5.78. The average Bonchev–Trinajstić information content (AvgIpc) is 2.76. The van der Waals surface area contributed by atoms with E-state index in [1.54, 1.807) is 0 Å². The smallest absolute Gasteiger partial charge is 0.169 e. The van der Waals surface area contributed by atoms with Crippen LogP contribution >= 0.6 is 12.2 Å². The van der Waals surface area contributed by atoms with Crippen LogP contribution in [0, 0.1) is 0 Å². The summed E-state index contributed by atoms with van der Waals surface area (Å²) in [6, 6.07) is 0.537. The molecule has 1 aliphatic carbocycles. The zero-order valence-corrected chi connectivity index (χ0v) is 10.9. The summed E-state index contributed by atoms with van der Waals surface area (Å²) in [6.07, 6.45) is 6.56. The highest BCUT2D eigenvalue weighted by molar-refractivity contribution is 7.80. The Balaban J connectivity index is 1.84. The van der Waals surface area contributed by atoms with Crippen molar-refractivity contribution in [1.29, 1.82) is 0 Å². The zero-order valence-electron chi connectivity index (χ0n) is 10.1. The molecule has 2 fully saturated rings. The highest BCUT2D eigenvalue weighted by atomic mass is 32.1. The quantitative estimate of drug-likeness (QED) is 0.603. The zero-order chi connectivity index (χ0) is 11.4. The van der Waals surface area contributed by atoms with Crippen molar-refractivity contribution in [2.75, 3.05) is 19.7 Å². The van der Waals surface area contributed by atoms with Crippen molar-refractivity contribution in [3.05, 3.63) is 0 Å². The standard InChI is InChI=1S/C12H22N2OS/c1-2-3-7-13-12(16)14-8-9-15-11-6-4-5-10(11)14/h10-11H,2-9H2,1H3,(H,13,16). The lowest BCUT2D eigenvalue weighted by Gasteiger charge is -2.39. The molecule has 2 unspecified atom stereocenters. The number of nitrogens with zero attached hydrogens (tertiary/aromatic N) is 1. The molecule has 2 rings (SSSR count). The topological polar surface area (TPSA) is 24.5 Å². The summed E-state index contributed by atoms with van der Waals surface area (Å²) in [5, 5.41) is 4.31. The molecule has 0 spiro atoms. The third-order valence-corrected chi connectivity index (χ3v) is 3.93. The largest absolute Gasteiger partial charge is 0.374 e. The van der Waals surface area contributed by atoms with Gasteiger partial charge in [0, 0.05) is 13.1 Å². The molecule has 4 heteroatoms. The van der Waals surface area contributed by atoms with Gasteiger partial charge in [0.15, 0.2) is 5.11 Å². The van der Waals surface area contributed by atoms with Gasteiger partial charge in [-0.25, -0.2) is 0 Å². The summed E-state index contributed by atoms with van der Waals surface area (Å²) < 4.78 is 5.78. The van der Waals surface area contributed by atoms with Gasteiger partial charge in [-0.1, -0.05) is 13.3 Å². The van der Waals surface area contributed by atoms with Crippen LogP contribution in [0.1, 0.15) is 39.0 Å². The highest BCUT2D eigenvalue weighted by Crippen LogP contribution is 2.29. The summed E-state index contributed by atoms with van der Waals surface area (Å²) in [4.78, 5) is 2.35. The van der Waals surface area contributed by atoms with Crippen molar-refractivity contribution in [2.24, 2.45) is 0 Å². The maximum Gasteiger partial charge on any atom is 0.169 e. The van der Waals surface area contributed by atoms with Crippen LogP contribution in [0.2, 0.25) is 0 Å². The Morgan fingerprint density at radius 1 is 1.50 bits per heavy atom. The number of nitrogens with one attached hydrogen (secondary N) is 1. The molecule has 0 amide bonds. The summed E-state index contributed by atoms with van der Waals surface area (Å²) in [5.41, 5.74) is 0. The van der Waals surface area contributed by atoms with E-state index in [1.165, 1.54) is 32.1 Å². The van der Waals surface area contributed by atoms with Crippen molar-refractivity contribution in [3.63, 3.8) is 0 Å². The monoisotopic (exact) mass is 242 g/mol. The molecule has 0 bridgehead atoms. The Kier molecular flexibility index (Phi) is 4.41. The molecular formula is C12H22N2OS. The van der Waals surface area contributed by atoms with E-state index in [4.69, 9.17) is 17.0 Å². The summed E-state index contributed by atoms with van der Waals surface area (Å²) in [5.74, 6) is 0. The highest BCUT2D eigenvalue weighted by Gasteiger charge is 2.36. The molecule has 1 aliphatic heterocycles. The molecule has 1 N–H and O–H groups in total. The lowest BCUT2D eigenvalue weighted by molar-refractivity contribution is -0.0295. The molecule has 0 aromatic heterocycles. The first-order valence-corrected chi connectivity index (χ1v) is 6.90. The fourth-order valence-corrected chi connectivity index (χ4v) is 2.98. The summed E-state index contributed by atoms with van der Waals surface area (Å²) in [7, 11) is 0. The SMILES string of the molecule is CCCCNC(=S)N1CCOC2CCCC21. The van der Waals surface area contributed by atoms with Crippen molar-refractivity contribution in [1.82, 2.24) is 10.2 Å². The Morgan fingerprint density at radius 2 is 2.38 bits per heavy atom. The number of ether oxygens (including phenoxy) is 1. The molecule has 2 aliphatic rings. The molecule has 1 saturated carbocycles.